The van der Waals surface area contributed by atoms with Crippen LogP contribution >= 0.6 is 12.6 Å². The second-order valence-corrected chi connectivity index (χ2v) is 1.69. The molecule has 0 aliphatic heterocycles. The zero-order valence-electron chi connectivity index (χ0n) is 5.50. The lowest BCUT2D eigenvalue weighted by molar-refractivity contribution is -0.137. The van der Waals surface area contributed by atoms with Gasteiger partial charge >= 0.3 is 5.97 Å². The monoisotopic (exact) mass is 151 g/mol. The second kappa shape index (κ2) is 10.7. The molecule has 0 aromatic carbocycles. The molecule has 0 radical (unpaired) electrons. The molecular weight excluding hydrogens is 138 g/mol. The largest absolute Gasteiger partial charge is 0.481 e. The Labute approximate surface area is 60.7 Å². The molecule has 0 bridgehead atoms. The lowest BCUT2D eigenvalue weighted by Crippen LogP contribution is -1.90. The Bertz CT molecular complexity index is 68.0. The van der Waals surface area contributed by atoms with Crippen LogP contribution in [-0.2, 0) is 4.79 Å². The SMILES string of the molecule is CCCC(=O)O.NCS. The molecule has 0 saturated heterocycles. The van der Waals surface area contributed by atoms with E-state index in [4.69, 9.17) is 10.8 Å². The van der Waals surface area contributed by atoms with Crippen LogP contribution in [-0.4, -0.2) is 17.0 Å². The first-order valence-corrected chi connectivity index (χ1v) is 3.35. The Morgan fingerprint density at radius 1 is 1.78 bits per heavy atom. The minimum Gasteiger partial charge on any atom is -0.481 e. The molecule has 0 aliphatic rings. The fraction of sp³-hybridized carbons (Fsp3) is 0.800. The molecule has 0 spiro atoms. The topological polar surface area (TPSA) is 63.3 Å². The lowest BCUT2D eigenvalue weighted by atomic mass is 10.4. The summed E-state index contributed by atoms with van der Waals surface area (Å²) in [5.41, 5.74) is 4.71. The maximum atomic E-state index is 9.60. The third-order valence-corrected chi connectivity index (χ3v) is 0.464. The lowest BCUT2D eigenvalue weighted by Gasteiger charge is -1.79. The first-order chi connectivity index (χ1) is 4.18. The zero-order valence-corrected chi connectivity index (χ0v) is 6.40. The van der Waals surface area contributed by atoms with Crippen molar-refractivity contribution in [1.29, 1.82) is 0 Å². The smallest absolute Gasteiger partial charge is 0.303 e. The predicted molar refractivity (Wildman–Crippen MR) is 40.6 cm³/mol. The van der Waals surface area contributed by atoms with Crippen LogP contribution in [0.25, 0.3) is 0 Å². The Balaban J connectivity index is 0. The van der Waals surface area contributed by atoms with E-state index < -0.39 is 5.97 Å². The average Bonchev–Trinajstić information content (AvgIpc) is 1.67. The molecule has 56 valence electrons. The number of carbonyl (C=O) groups is 1. The summed E-state index contributed by atoms with van der Waals surface area (Å²) in [6.45, 7) is 1.84. The molecule has 3 N–H and O–H groups in total. The first-order valence-electron chi connectivity index (χ1n) is 2.71. The molecule has 0 atom stereocenters. The summed E-state index contributed by atoms with van der Waals surface area (Å²) >= 11 is 3.57. The maximum absolute atomic E-state index is 9.60. The number of aliphatic carboxylic acids is 1. The fourth-order valence-electron chi connectivity index (χ4n) is 0.214. The van der Waals surface area contributed by atoms with Gasteiger partial charge in [-0.25, -0.2) is 0 Å². The molecule has 0 saturated carbocycles. The number of thiol groups is 1. The van der Waals surface area contributed by atoms with Gasteiger partial charge in [0.25, 0.3) is 0 Å². The van der Waals surface area contributed by atoms with Gasteiger partial charge in [-0.3, -0.25) is 4.79 Å². The highest BCUT2D eigenvalue weighted by molar-refractivity contribution is 7.80. The summed E-state index contributed by atoms with van der Waals surface area (Å²) < 4.78 is 0. The first kappa shape index (κ1) is 11.6. The quantitative estimate of drug-likeness (QED) is 0.402. The Morgan fingerprint density at radius 3 is 2.11 bits per heavy atom. The van der Waals surface area contributed by atoms with E-state index in [1.807, 2.05) is 6.92 Å². The van der Waals surface area contributed by atoms with Crippen LogP contribution in [0.15, 0.2) is 0 Å². The van der Waals surface area contributed by atoms with Crippen molar-refractivity contribution in [2.45, 2.75) is 19.8 Å². The summed E-state index contributed by atoms with van der Waals surface area (Å²) in [6, 6.07) is 0. The van der Waals surface area contributed by atoms with E-state index in [1.165, 1.54) is 0 Å². The van der Waals surface area contributed by atoms with E-state index in [0.717, 1.165) is 6.42 Å². The number of hydrogen-bond acceptors (Lipinski definition) is 3. The third-order valence-electron chi connectivity index (χ3n) is 0.464. The minimum atomic E-state index is -0.711. The number of carboxylic acids is 1. The number of hydrogen-bond donors (Lipinski definition) is 3. The highest BCUT2D eigenvalue weighted by Gasteiger charge is 1.87. The average molecular weight is 151 g/mol. The van der Waals surface area contributed by atoms with E-state index >= 15 is 0 Å². The van der Waals surface area contributed by atoms with Crippen molar-refractivity contribution in [2.24, 2.45) is 5.73 Å². The molecule has 4 heteroatoms. The summed E-state index contributed by atoms with van der Waals surface area (Å²) in [5, 5.41) is 7.91. The fourth-order valence-corrected chi connectivity index (χ4v) is 0.214. The summed E-state index contributed by atoms with van der Waals surface area (Å²) in [7, 11) is 0. The summed E-state index contributed by atoms with van der Waals surface area (Å²) in [5.74, 6) is -0.266. The molecule has 0 unspecified atom stereocenters. The molecular formula is C5H13NO2S. The van der Waals surface area contributed by atoms with Crippen molar-refractivity contribution in [2.75, 3.05) is 5.88 Å². The van der Waals surface area contributed by atoms with Crippen LogP contribution in [0.5, 0.6) is 0 Å². The van der Waals surface area contributed by atoms with Gasteiger partial charge in [-0.2, -0.15) is 12.6 Å². The predicted octanol–water partition coefficient (Wildman–Crippen LogP) is 0.704. The molecule has 9 heavy (non-hydrogen) atoms. The number of carboxylic acid groups (broad SMARTS) is 1. The van der Waals surface area contributed by atoms with Crippen LogP contribution in [0.2, 0.25) is 0 Å². The maximum Gasteiger partial charge on any atom is 0.303 e. The zero-order chi connectivity index (χ0) is 7.70. The van der Waals surface area contributed by atoms with Gasteiger partial charge in [-0.1, -0.05) is 6.92 Å². The van der Waals surface area contributed by atoms with Crippen molar-refractivity contribution < 1.29 is 9.90 Å². The number of nitrogens with two attached hydrogens (primary N) is 1. The van der Waals surface area contributed by atoms with Crippen LogP contribution in [0, 0.1) is 0 Å². The van der Waals surface area contributed by atoms with Crippen molar-refractivity contribution in [1.82, 2.24) is 0 Å². The third kappa shape index (κ3) is 33.6. The van der Waals surface area contributed by atoms with E-state index in [1.54, 1.807) is 0 Å². The van der Waals surface area contributed by atoms with Crippen molar-refractivity contribution in [3.63, 3.8) is 0 Å². The van der Waals surface area contributed by atoms with Gasteiger partial charge in [0.15, 0.2) is 0 Å². The molecule has 0 rings (SSSR count). The highest BCUT2D eigenvalue weighted by atomic mass is 32.1. The van der Waals surface area contributed by atoms with Gasteiger partial charge in [-0.15, -0.1) is 0 Å². The molecule has 0 aliphatic carbocycles. The van der Waals surface area contributed by atoms with Gasteiger partial charge < -0.3 is 10.8 Å². The number of rotatable bonds is 2. The van der Waals surface area contributed by atoms with Gasteiger partial charge in [0.1, 0.15) is 0 Å². The Kier molecular flexibility index (Phi) is 13.8. The van der Waals surface area contributed by atoms with Gasteiger partial charge in [0.05, 0.1) is 0 Å². The second-order valence-electron chi connectivity index (χ2n) is 1.33. The van der Waals surface area contributed by atoms with Crippen LogP contribution < -0.4 is 5.73 Å². The van der Waals surface area contributed by atoms with E-state index in [-0.39, 0.29) is 0 Å². The van der Waals surface area contributed by atoms with E-state index in [9.17, 15) is 4.79 Å². The van der Waals surface area contributed by atoms with Gasteiger partial charge in [0.2, 0.25) is 0 Å². The molecule has 0 aromatic rings. The summed E-state index contributed by atoms with van der Waals surface area (Å²) in [4.78, 5) is 9.60. The van der Waals surface area contributed by atoms with E-state index in [2.05, 4.69) is 12.6 Å². The standard InChI is InChI=1S/C4H8O2.CH5NS/c1-2-3-4(5)6;2-1-3/h2-3H2,1H3,(H,5,6);3H,1-2H2. The Hall–Kier alpha value is -0.220. The molecule has 0 heterocycles. The van der Waals surface area contributed by atoms with Crippen LogP contribution in [0.3, 0.4) is 0 Å². The molecule has 3 nitrogen and oxygen atoms in total. The highest BCUT2D eigenvalue weighted by Crippen LogP contribution is 1.82. The van der Waals surface area contributed by atoms with Crippen LogP contribution in [0.1, 0.15) is 19.8 Å². The van der Waals surface area contributed by atoms with Crippen molar-refractivity contribution >= 4 is 18.6 Å². The Morgan fingerprint density at radius 2 is 2.11 bits per heavy atom. The van der Waals surface area contributed by atoms with Crippen molar-refractivity contribution in [3.8, 4) is 0 Å². The molecule has 0 amide bonds. The van der Waals surface area contributed by atoms with Gasteiger partial charge in [0, 0.05) is 12.3 Å². The molecule has 0 fully saturated rings. The minimum absolute atomic E-state index is 0.292. The van der Waals surface area contributed by atoms with Crippen LogP contribution in [0.4, 0.5) is 0 Å². The van der Waals surface area contributed by atoms with Crippen molar-refractivity contribution in [3.05, 3.63) is 0 Å². The molecule has 0 aromatic heterocycles. The van der Waals surface area contributed by atoms with Gasteiger partial charge in [-0.05, 0) is 6.42 Å². The summed E-state index contributed by atoms with van der Waals surface area (Å²) in [6.07, 6.45) is 1.02. The van der Waals surface area contributed by atoms with E-state index in [0.29, 0.717) is 12.3 Å². The normalized spacial score (nSPS) is 7.44.